The van der Waals surface area contributed by atoms with Gasteiger partial charge in [-0.05, 0) is 43.2 Å². The number of methoxy groups -OCH3 is 1. The monoisotopic (exact) mass is 348 g/mol. The van der Waals surface area contributed by atoms with Crippen molar-refractivity contribution in [3.63, 3.8) is 0 Å². The quantitative estimate of drug-likeness (QED) is 0.602. The lowest BCUT2D eigenvalue weighted by atomic mass is 10.2. The van der Waals surface area contributed by atoms with Gasteiger partial charge in [0.2, 0.25) is 0 Å². The summed E-state index contributed by atoms with van der Waals surface area (Å²) in [5.41, 5.74) is 2.33. The first-order valence-electron chi connectivity index (χ1n) is 7.88. The van der Waals surface area contributed by atoms with Crippen LogP contribution in [0.4, 0.5) is 0 Å². The zero-order chi connectivity index (χ0) is 16.7. The summed E-state index contributed by atoms with van der Waals surface area (Å²) in [5, 5.41) is 0. The molecule has 0 aliphatic carbocycles. The van der Waals surface area contributed by atoms with Crippen LogP contribution in [0.3, 0.4) is 0 Å². The fraction of sp³-hybridized carbons (Fsp3) is 0.368. The minimum Gasteiger partial charge on any atom is -0.497 e. The van der Waals surface area contributed by atoms with Crippen LogP contribution in [0.2, 0.25) is 0 Å². The van der Waals surface area contributed by atoms with Crippen LogP contribution in [0.5, 0.6) is 5.75 Å². The number of thioether (sulfide) groups is 1. The molecule has 0 amide bonds. The molecule has 0 saturated heterocycles. The molecule has 2 aromatic rings. The maximum Gasteiger partial charge on any atom is 0.118 e. The summed E-state index contributed by atoms with van der Waals surface area (Å²) in [6, 6.07) is 16.3. The largest absolute Gasteiger partial charge is 0.497 e. The average molecular weight is 349 g/mol. The lowest BCUT2D eigenvalue weighted by molar-refractivity contribution is 0.414. The van der Waals surface area contributed by atoms with E-state index in [2.05, 4.69) is 38.1 Å². The van der Waals surface area contributed by atoms with E-state index in [-0.39, 0.29) is 4.58 Å². The highest BCUT2D eigenvalue weighted by atomic mass is 32.2. The van der Waals surface area contributed by atoms with Crippen LogP contribution in [0.25, 0.3) is 0 Å². The van der Waals surface area contributed by atoms with Gasteiger partial charge in [0.25, 0.3) is 0 Å². The van der Waals surface area contributed by atoms with E-state index in [9.17, 15) is 4.21 Å². The maximum absolute atomic E-state index is 12.8. The van der Waals surface area contributed by atoms with Crippen LogP contribution in [0.15, 0.2) is 53.4 Å². The van der Waals surface area contributed by atoms with Crippen molar-refractivity contribution in [2.24, 2.45) is 0 Å². The lowest BCUT2D eigenvalue weighted by Gasteiger charge is -2.17. The first-order valence-corrected chi connectivity index (χ1v) is 10.1. The number of hydrogen-bond donors (Lipinski definition) is 0. The summed E-state index contributed by atoms with van der Waals surface area (Å²) in [7, 11) is 0.759. The van der Waals surface area contributed by atoms with E-state index in [0.717, 1.165) is 34.8 Å². The van der Waals surface area contributed by atoms with E-state index in [1.54, 1.807) is 18.9 Å². The minimum atomic E-state index is -0.901. The second-order valence-corrected chi connectivity index (χ2v) is 8.59. The lowest BCUT2D eigenvalue weighted by Crippen LogP contribution is -2.07. The summed E-state index contributed by atoms with van der Waals surface area (Å²) in [4.78, 5) is 1.15. The van der Waals surface area contributed by atoms with E-state index in [1.807, 2.05) is 24.3 Å². The van der Waals surface area contributed by atoms with E-state index in [4.69, 9.17) is 4.74 Å². The van der Waals surface area contributed by atoms with Crippen molar-refractivity contribution in [3.05, 3.63) is 59.7 Å². The van der Waals surface area contributed by atoms with Crippen LogP contribution in [-0.4, -0.2) is 17.1 Å². The second kappa shape index (κ2) is 9.14. The normalized spacial score (nSPS) is 13.5. The topological polar surface area (TPSA) is 26.3 Å². The predicted molar refractivity (Wildman–Crippen MR) is 101 cm³/mol. The van der Waals surface area contributed by atoms with Crippen molar-refractivity contribution in [1.29, 1.82) is 0 Å². The zero-order valence-electron chi connectivity index (χ0n) is 14.0. The molecular weight excluding hydrogens is 324 g/mol. The second-order valence-electron chi connectivity index (χ2n) is 5.47. The molecule has 0 bridgehead atoms. The smallest absolute Gasteiger partial charge is 0.118 e. The van der Waals surface area contributed by atoms with Crippen LogP contribution >= 0.6 is 11.8 Å². The highest BCUT2D eigenvalue weighted by Gasteiger charge is 2.20. The Morgan fingerprint density at radius 2 is 1.74 bits per heavy atom. The number of benzene rings is 2. The molecule has 0 heterocycles. The molecule has 0 aliphatic heterocycles. The Hall–Kier alpha value is -1.26. The number of hydrogen-bond acceptors (Lipinski definition) is 3. The maximum atomic E-state index is 12.8. The van der Waals surface area contributed by atoms with Gasteiger partial charge in [-0.15, -0.1) is 11.8 Å². The van der Waals surface area contributed by atoms with Crippen molar-refractivity contribution in [2.75, 3.05) is 12.9 Å². The van der Waals surface area contributed by atoms with Crippen molar-refractivity contribution in [2.45, 2.75) is 36.2 Å². The third kappa shape index (κ3) is 5.40. The molecule has 0 aromatic heterocycles. The number of unbranched alkanes of at least 4 members (excludes halogenated alkanes) is 1. The van der Waals surface area contributed by atoms with E-state index in [1.165, 1.54) is 5.56 Å². The Balaban J connectivity index is 2.22. The van der Waals surface area contributed by atoms with E-state index >= 15 is 0 Å². The first-order chi connectivity index (χ1) is 11.1. The van der Waals surface area contributed by atoms with Crippen molar-refractivity contribution in [1.82, 2.24) is 0 Å². The molecule has 4 heteroatoms. The number of rotatable bonds is 8. The number of aryl methyl sites for hydroxylation is 1. The molecule has 124 valence electrons. The Labute approximate surface area is 146 Å². The minimum absolute atomic E-state index is 0.0461. The van der Waals surface area contributed by atoms with Gasteiger partial charge in [-0.2, -0.15) is 0 Å². The molecule has 23 heavy (non-hydrogen) atoms. The van der Waals surface area contributed by atoms with Gasteiger partial charge >= 0.3 is 0 Å². The fourth-order valence-electron chi connectivity index (χ4n) is 2.17. The molecule has 0 N–H and O–H groups in total. The molecule has 0 spiro atoms. The van der Waals surface area contributed by atoms with Gasteiger partial charge in [-0.25, -0.2) is 0 Å². The first kappa shape index (κ1) is 18.1. The summed E-state index contributed by atoms with van der Waals surface area (Å²) in [5.74, 6) is 1.57. The van der Waals surface area contributed by atoms with Crippen LogP contribution in [0, 0.1) is 6.92 Å². The Kier molecular flexibility index (Phi) is 7.18. The van der Waals surface area contributed by atoms with Gasteiger partial charge in [0.15, 0.2) is 0 Å². The van der Waals surface area contributed by atoms with Crippen molar-refractivity contribution >= 4 is 22.6 Å². The van der Waals surface area contributed by atoms with Gasteiger partial charge < -0.3 is 4.74 Å². The molecule has 2 unspecified atom stereocenters. The molecular formula is C19H24O2S2. The summed E-state index contributed by atoms with van der Waals surface area (Å²) in [6.45, 7) is 4.21. The van der Waals surface area contributed by atoms with Gasteiger partial charge in [0, 0.05) is 21.4 Å². The summed E-state index contributed by atoms with van der Waals surface area (Å²) < 4.78 is 18.0. The van der Waals surface area contributed by atoms with Crippen LogP contribution in [0.1, 0.15) is 35.5 Å². The third-order valence-corrected chi connectivity index (χ3v) is 6.99. The highest BCUT2D eigenvalue weighted by Crippen LogP contribution is 2.39. The molecule has 2 atom stereocenters. The standard InChI is InChI=1S/C19H24O2S2/c1-4-5-14-23(20)19(16-8-10-17(21-3)11-9-16)22-18-12-6-15(2)7-13-18/h6-13,19H,4-5,14H2,1-3H3. The van der Waals surface area contributed by atoms with Gasteiger partial charge in [-0.1, -0.05) is 43.2 Å². The highest BCUT2D eigenvalue weighted by molar-refractivity contribution is 8.10. The summed E-state index contributed by atoms with van der Waals surface area (Å²) >= 11 is 1.68. The molecule has 2 rings (SSSR count). The average Bonchev–Trinajstić information content (AvgIpc) is 2.59. The molecule has 0 radical (unpaired) electrons. The fourth-order valence-corrected chi connectivity index (χ4v) is 5.30. The number of ether oxygens (including phenoxy) is 1. The van der Waals surface area contributed by atoms with Crippen LogP contribution in [-0.2, 0) is 10.8 Å². The van der Waals surface area contributed by atoms with E-state index in [0.29, 0.717) is 0 Å². The van der Waals surface area contributed by atoms with Crippen molar-refractivity contribution < 1.29 is 8.95 Å². The van der Waals surface area contributed by atoms with Crippen LogP contribution < -0.4 is 4.74 Å². The molecule has 0 saturated carbocycles. The zero-order valence-corrected chi connectivity index (χ0v) is 15.6. The SMILES string of the molecule is CCCCS(=O)C(Sc1ccc(C)cc1)c1ccc(OC)cc1. The summed E-state index contributed by atoms with van der Waals surface area (Å²) in [6.07, 6.45) is 2.06. The molecule has 0 fully saturated rings. The van der Waals surface area contributed by atoms with Crippen molar-refractivity contribution in [3.8, 4) is 5.75 Å². The Morgan fingerprint density at radius 1 is 1.09 bits per heavy atom. The molecule has 0 aliphatic rings. The van der Waals surface area contributed by atoms with E-state index < -0.39 is 10.8 Å². The molecule has 2 nitrogen and oxygen atoms in total. The van der Waals surface area contributed by atoms with Gasteiger partial charge in [0.05, 0.1) is 7.11 Å². The third-order valence-electron chi connectivity index (χ3n) is 3.59. The molecule has 2 aromatic carbocycles. The van der Waals surface area contributed by atoms with Gasteiger partial charge in [0.1, 0.15) is 10.3 Å². The van der Waals surface area contributed by atoms with Gasteiger partial charge in [-0.3, -0.25) is 4.21 Å². The predicted octanol–water partition coefficient (Wildman–Crippen LogP) is 5.34. The Bertz CT molecular complexity index is 621. The Morgan fingerprint density at radius 3 is 2.30 bits per heavy atom.